The molecule has 0 bridgehead atoms. The summed E-state index contributed by atoms with van der Waals surface area (Å²) in [6.45, 7) is 1.19. The zero-order valence-corrected chi connectivity index (χ0v) is 22.5. The molecule has 0 aliphatic heterocycles. The second-order valence-electron chi connectivity index (χ2n) is 9.72. The van der Waals surface area contributed by atoms with Gasteiger partial charge in [0, 0.05) is 5.69 Å². The van der Waals surface area contributed by atoms with Gasteiger partial charge in [0.15, 0.2) is 0 Å². The second kappa shape index (κ2) is 11.4. The van der Waals surface area contributed by atoms with Gasteiger partial charge in [-0.3, -0.25) is 0 Å². The topological polar surface area (TPSA) is 44.5 Å². The highest BCUT2D eigenvalue weighted by Gasteiger charge is 2.72. The third-order valence-electron chi connectivity index (χ3n) is 6.74. The molecule has 0 aliphatic rings. The SMILES string of the molecule is Cc1ccc(Oc2ccc(C(c3ccc(Oc4ccc(N)c(C(F)(F)F)c4)cc3)(C(F)(F)F)C(F)(F)F)cc2)cc1C(F)(F)F. The van der Waals surface area contributed by atoms with Gasteiger partial charge in [0.25, 0.3) is 0 Å². The third kappa shape index (κ3) is 6.61. The molecule has 0 saturated heterocycles. The van der Waals surface area contributed by atoms with Crippen LogP contribution in [0.5, 0.6) is 23.0 Å². The lowest BCUT2D eigenvalue weighted by molar-refractivity contribution is -0.288. The predicted molar refractivity (Wildman–Crippen MR) is 138 cm³/mol. The maximum Gasteiger partial charge on any atom is 0.418 e. The Balaban J connectivity index is 1.71. The van der Waals surface area contributed by atoms with Gasteiger partial charge in [0.2, 0.25) is 5.41 Å². The first-order valence-corrected chi connectivity index (χ1v) is 12.5. The maximum atomic E-state index is 14.5. The van der Waals surface area contributed by atoms with Crippen LogP contribution in [0.25, 0.3) is 0 Å². The summed E-state index contributed by atoms with van der Waals surface area (Å²) < 4.78 is 177. The lowest BCUT2D eigenvalue weighted by Gasteiger charge is -2.38. The minimum atomic E-state index is -5.98. The van der Waals surface area contributed by atoms with Gasteiger partial charge in [-0.2, -0.15) is 52.7 Å². The van der Waals surface area contributed by atoms with Crippen molar-refractivity contribution in [2.24, 2.45) is 0 Å². The van der Waals surface area contributed by atoms with Gasteiger partial charge < -0.3 is 15.2 Å². The molecule has 3 nitrogen and oxygen atoms in total. The zero-order chi connectivity index (χ0) is 33.6. The average Bonchev–Trinajstić information content (AvgIpc) is 2.90. The molecule has 15 heteroatoms. The Morgan fingerprint density at radius 1 is 0.467 bits per heavy atom. The molecule has 0 heterocycles. The Hall–Kier alpha value is -4.56. The number of ether oxygens (including phenoxy) is 2. The van der Waals surface area contributed by atoms with Crippen molar-refractivity contribution in [1.29, 1.82) is 0 Å². The van der Waals surface area contributed by atoms with Crippen LogP contribution in [0.2, 0.25) is 0 Å². The van der Waals surface area contributed by atoms with Crippen molar-refractivity contribution in [3.05, 3.63) is 113 Å². The number of halogens is 12. The first kappa shape index (κ1) is 33.3. The van der Waals surface area contributed by atoms with Crippen molar-refractivity contribution in [3.8, 4) is 23.0 Å². The van der Waals surface area contributed by atoms with Crippen LogP contribution in [-0.2, 0) is 17.8 Å². The Bertz CT molecular complexity index is 1530. The molecule has 0 aliphatic carbocycles. The van der Waals surface area contributed by atoms with Crippen LogP contribution in [0, 0.1) is 6.92 Å². The largest absolute Gasteiger partial charge is 0.457 e. The van der Waals surface area contributed by atoms with Gasteiger partial charge in [-0.25, -0.2) is 0 Å². The number of aryl methyl sites for hydroxylation is 1. The van der Waals surface area contributed by atoms with E-state index in [0.29, 0.717) is 36.4 Å². The van der Waals surface area contributed by atoms with Gasteiger partial charge in [0.1, 0.15) is 23.0 Å². The molecule has 4 rings (SSSR count). The highest BCUT2D eigenvalue weighted by Crippen LogP contribution is 2.56. The number of anilines is 1. The van der Waals surface area contributed by atoms with Crippen molar-refractivity contribution in [1.82, 2.24) is 0 Å². The molecule has 4 aromatic carbocycles. The van der Waals surface area contributed by atoms with Gasteiger partial charge >= 0.3 is 24.7 Å². The van der Waals surface area contributed by atoms with E-state index in [2.05, 4.69) is 0 Å². The number of benzene rings is 4. The molecule has 0 amide bonds. The van der Waals surface area contributed by atoms with Gasteiger partial charge in [-0.05, 0) is 78.2 Å². The van der Waals surface area contributed by atoms with Crippen LogP contribution >= 0.6 is 0 Å². The van der Waals surface area contributed by atoms with Crippen LogP contribution in [0.15, 0.2) is 84.9 Å². The van der Waals surface area contributed by atoms with Crippen LogP contribution in [0.1, 0.15) is 27.8 Å². The van der Waals surface area contributed by atoms with E-state index in [9.17, 15) is 52.7 Å². The molecule has 0 atom stereocenters. The summed E-state index contributed by atoms with van der Waals surface area (Å²) in [5.41, 5.74) is -4.97. The number of rotatable bonds is 6. The van der Waals surface area contributed by atoms with Crippen molar-refractivity contribution < 1.29 is 62.2 Å². The van der Waals surface area contributed by atoms with E-state index in [-0.39, 0.29) is 22.8 Å². The molecule has 240 valence electrons. The van der Waals surface area contributed by atoms with E-state index in [0.717, 1.165) is 48.5 Å². The first-order valence-electron chi connectivity index (χ1n) is 12.5. The van der Waals surface area contributed by atoms with Gasteiger partial charge in [-0.15, -0.1) is 0 Å². The van der Waals surface area contributed by atoms with Gasteiger partial charge in [0.05, 0.1) is 11.1 Å². The fourth-order valence-corrected chi connectivity index (χ4v) is 4.61. The number of hydrogen-bond donors (Lipinski definition) is 1. The molecular weight excluding hydrogens is 634 g/mol. The van der Waals surface area contributed by atoms with Crippen LogP contribution < -0.4 is 15.2 Å². The minimum absolute atomic E-state index is 0.138. The van der Waals surface area contributed by atoms with E-state index in [1.807, 2.05) is 0 Å². The van der Waals surface area contributed by atoms with E-state index < -0.39 is 63.8 Å². The Labute approximate surface area is 246 Å². The molecular formula is C30H19F12NO2. The number of nitrogen functional groups attached to an aromatic ring is 1. The summed E-state index contributed by atoms with van der Waals surface area (Å²) >= 11 is 0. The molecule has 2 N–H and O–H groups in total. The molecule has 0 radical (unpaired) electrons. The lowest BCUT2D eigenvalue weighted by Crippen LogP contribution is -2.54. The summed E-state index contributed by atoms with van der Waals surface area (Å²) in [7, 11) is 0. The Morgan fingerprint density at radius 3 is 1.20 bits per heavy atom. The summed E-state index contributed by atoms with van der Waals surface area (Å²) in [6, 6.07) is 10.1. The predicted octanol–water partition coefficient (Wildman–Crippen LogP) is 10.6. The Kier molecular flexibility index (Phi) is 8.46. The summed E-state index contributed by atoms with van der Waals surface area (Å²) in [4.78, 5) is 0. The third-order valence-corrected chi connectivity index (χ3v) is 6.74. The summed E-state index contributed by atoms with van der Waals surface area (Å²) in [6.07, 6.45) is -21.6. The second-order valence-corrected chi connectivity index (χ2v) is 9.72. The van der Waals surface area contributed by atoms with Crippen molar-refractivity contribution >= 4 is 5.69 Å². The average molecular weight is 653 g/mol. The Morgan fingerprint density at radius 2 is 0.822 bits per heavy atom. The number of nitrogens with two attached hydrogens (primary N) is 1. The number of hydrogen-bond acceptors (Lipinski definition) is 3. The zero-order valence-electron chi connectivity index (χ0n) is 22.5. The van der Waals surface area contributed by atoms with Crippen LogP contribution in [0.3, 0.4) is 0 Å². The van der Waals surface area contributed by atoms with Crippen molar-refractivity contribution in [2.45, 2.75) is 37.0 Å². The molecule has 0 unspecified atom stereocenters. The molecule has 0 spiro atoms. The van der Waals surface area contributed by atoms with E-state index in [1.165, 1.54) is 6.92 Å². The lowest BCUT2D eigenvalue weighted by atomic mass is 9.73. The fourth-order valence-electron chi connectivity index (χ4n) is 4.61. The van der Waals surface area contributed by atoms with Crippen LogP contribution in [-0.4, -0.2) is 12.4 Å². The smallest absolute Gasteiger partial charge is 0.418 e. The normalized spacial score (nSPS) is 13.1. The van der Waals surface area contributed by atoms with E-state index >= 15 is 0 Å². The number of alkyl halides is 12. The van der Waals surface area contributed by atoms with Crippen molar-refractivity contribution in [2.75, 3.05) is 5.73 Å². The highest BCUT2D eigenvalue weighted by molar-refractivity contribution is 5.53. The maximum absolute atomic E-state index is 14.5. The van der Waals surface area contributed by atoms with Gasteiger partial charge in [-0.1, -0.05) is 30.3 Å². The molecule has 45 heavy (non-hydrogen) atoms. The monoisotopic (exact) mass is 653 g/mol. The van der Waals surface area contributed by atoms with E-state index in [4.69, 9.17) is 15.2 Å². The molecule has 0 aromatic heterocycles. The summed E-state index contributed by atoms with van der Waals surface area (Å²) in [5.74, 6) is -1.53. The van der Waals surface area contributed by atoms with Crippen molar-refractivity contribution in [3.63, 3.8) is 0 Å². The van der Waals surface area contributed by atoms with Crippen LogP contribution in [0.4, 0.5) is 58.4 Å². The standard InChI is InChI=1S/C30H19F12NO2/c1-16-2-7-21(14-23(16)27(31,32)33)44-19-8-3-17(4-9-19)26(29(37,38)39,30(40,41)42)18-5-10-20(11-6-18)45-22-12-13-25(43)24(15-22)28(34,35)36/h2-15H,43H2,1H3. The quantitative estimate of drug-likeness (QED) is 0.166. The molecule has 0 fully saturated rings. The molecule has 0 saturated carbocycles. The highest BCUT2D eigenvalue weighted by atomic mass is 19.4. The summed E-state index contributed by atoms with van der Waals surface area (Å²) in [5, 5.41) is 0. The minimum Gasteiger partial charge on any atom is -0.457 e. The fraction of sp³-hybridized carbons (Fsp3) is 0.200. The first-order chi connectivity index (χ1) is 20.6. The molecule has 4 aromatic rings. The van der Waals surface area contributed by atoms with E-state index in [1.54, 1.807) is 0 Å².